The minimum absolute atomic E-state index is 0.223. The second kappa shape index (κ2) is 4.81. The standard InChI is InChI=1S/C12H8ClN3O/c1-8-10(3-2-4-15-8)17-12-6-9(7-14)5-11(13)16-12/h2-6H,1H3. The second-order valence-electron chi connectivity index (χ2n) is 3.32. The van der Waals surface area contributed by atoms with Gasteiger partial charge in [0, 0.05) is 12.3 Å². The molecular formula is C12H8ClN3O. The van der Waals surface area contributed by atoms with Crippen LogP contribution in [0, 0.1) is 18.3 Å². The lowest BCUT2D eigenvalue weighted by Crippen LogP contribution is -1.93. The SMILES string of the molecule is Cc1ncccc1Oc1cc(C#N)cc(Cl)n1. The van der Waals surface area contributed by atoms with Crippen LogP contribution in [0.4, 0.5) is 0 Å². The van der Waals surface area contributed by atoms with Crippen molar-refractivity contribution in [3.8, 4) is 17.7 Å². The Bertz CT molecular complexity index is 593. The van der Waals surface area contributed by atoms with Gasteiger partial charge >= 0.3 is 0 Å². The smallest absolute Gasteiger partial charge is 0.222 e. The number of aromatic nitrogens is 2. The summed E-state index contributed by atoms with van der Waals surface area (Å²) in [5, 5.41) is 9.03. The molecule has 0 atom stereocenters. The quantitative estimate of drug-likeness (QED) is 0.763. The molecule has 0 aromatic carbocycles. The summed E-state index contributed by atoms with van der Waals surface area (Å²) in [5.74, 6) is 0.872. The zero-order valence-corrected chi connectivity index (χ0v) is 9.77. The summed E-state index contributed by atoms with van der Waals surface area (Å²) in [7, 11) is 0. The molecule has 2 aromatic heterocycles. The molecule has 4 nitrogen and oxygen atoms in total. The maximum Gasteiger partial charge on any atom is 0.222 e. The first-order valence-electron chi connectivity index (χ1n) is 4.86. The molecule has 0 aliphatic carbocycles. The van der Waals surface area contributed by atoms with Gasteiger partial charge in [-0.25, -0.2) is 4.98 Å². The van der Waals surface area contributed by atoms with Gasteiger partial charge in [0.2, 0.25) is 5.88 Å². The highest BCUT2D eigenvalue weighted by molar-refractivity contribution is 6.29. The Morgan fingerprint density at radius 1 is 1.41 bits per heavy atom. The molecule has 0 radical (unpaired) electrons. The van der Waals surface area contributed by atoms with Gasteiger partial charge in [0.05, 0.1) is 17.3 Å². The van der Waals surface area contributed by atoms with Crippen LogP contribution in [-0.2, 0) is 0 Å². The molecule has 0 bridgehead atoms. The number of hydrogen-bond donors (Lipinski definition) is 0. The zero-order chi connectivity index (χ0) is 12.3. The van der Waals surface area contributed by atoms with E-state index >= 15 is 0 Å². The predicted octanol–water partition coefficient (Wildman–Crippen LogP) is 3.10. The minimum Gasteiger partial charge on any atom is -0.437 e. The average Bonchev–Trinajstić information content (AvgIpc) is 2.31. The molecule has 0 saturated carbocycles. The molecular weight excluding hydrogens is 238 g/mol. The molecule has 2 heterocycles. The molecule has 0 spiro atoms. The highest BCUT2D eigenvalue weighted by atomic mass is 35.5. The highest BCUT2D eigenvalue weighted by Crippen LogP contribution is 2.24. The van der Waals surface area contributed by atoms with Gasteiger partial charge in [-0.05, 0) is 25.1 Å². The second-order valence-corrected chi connectivity index (χ2v) is 3.70. The molecule has 0 aliphatic rings. The molecule has 0 aliphatic heterocycles. The summed E-state index contributed by atoms with van der Waals surface area (Å²) in [4.78, 5) is 8.07. The van der Waals surface area contributed by atoms with Gasteiger partial charge in [0.1, 0.15) is 5.15 Å². The minimum atomic E-state index is 0.223. The molecule has 84 valence electrons. The van der Waals surface area contributed by atoms with Gasteiger partial charge in [-0.15, -0.1) is 0 Å². The van der Waals surface area contributed by atoms with Crippen LogP contribution >= 0.6 is 11.6 Å². The lowest BCUT2D eigenvalue weighted by molar-refractivity contribution is 0.456. The lowest BCUT2D eigenvalue weighted by atomic mass is 10.3. The fraction of sp³-hybridized carbons (Fsp3) is 0.0833. The fourth-order valence-electron chi connectivity index (χ4n) is 1.28. The van der Waals surface area contributed by atoms with Gasteiger partial charge in [0.25, 0.3) is 0 Å². The van der Waals surface area contributed by atoms with E-state index < -0.39 is 0 Å². The van der Waals surface area contributed by atoms with Crippen molar-refractivity contribution in [2.75, 3.05) is 0 Å². The van der Waals surface area contributed by atoms with E-state index in [-0.39, 0.29) is 11.0 Å². The van der Waals surface area contributed by atoms with Crippen LogP contribution in [0.25, 0.3) is 0 Å². The van der Waals surface area contributed by atoms with E-state index in [2.05, 4.69) is 9.97 Å². The topological polar surface area (TPSA) is 58.8 Å². The Morgan fingerprint density at radius 2 is 2.24 bits per heavy atom. The molecule has 5 heteroatoms. The summed E-state index contributed by atoms with van der Waals surface area (Å²) < 4.78 is 5.52. The summed E-state index contributed by atoms with van der Waals surface area (Å²) in [5.41, 5.74) is 1.15. The van der Waals surface area contributed by atoms with Gasteiger partial charge in [0.15, 0.2) is 5.75 Å². The van der Waals surface area contributed by atoms with Crippen molar-refractivity contribution in [2.45, 2.75) is 6.92 Å². The largest absolute Gasteiger partial charge is 0.437 e. The lowest BCUT2D eigenvalue weighted by Gasteiger charge is -2.06. The Kier molecular flexibility index (Phi) is 3.22. The normalized spacial score (nSPS) is 9.71. The van der Waals surface area contributed by atoms with Crippen molar-refractivity contribution in [1.82, 2.24) is 9.97 Å². The number of rotatable bonds is 2. The van der Waals surface area contributed by atoms with E-state index in [1.807, 2.05) is 13.0 Å². The van der Waals surface area contributed by atoms with Crippen LogP contribution in [0.3, 0.4) is 0 Å². The van der Waals surface area contributed by atoms with E-state index in [0.717, 1.165) is 5.69 Å². The highest BCUT2D eigenvalue weighted by Gasteiger charge is 2.05. The molecule has 0 unspecified atom stereocenters. The number of nitriles is 1. The van der Waals surface area contributed by atoms with Gasteiger partial charge in [-0.3, -0.25) is 4.98 Å². The summed E-state index contributed by atoms with van der Waals surface area (Å²) >= 11 is 5.78. The van der Waals surface area contributed by atoms with E-state index in [0.29, 0.717) is 11.3 Å². The predicted molar refractivity (Wildman–Crippen MR) is 63.0 cm³/mol. The van der Waals surface area contributed by atoms with Gasteiger partial charge in [-0.1, -0.05) is 11.6 Å². The molecule has 0 fully saturated rings. The van der Waals surface area contributed by atoms with Crippen molar-refractivity contribution in [2.24, 2.45) is 0 Å². The summed E-state index contributed by atoms with van der Waals surface area (Å²) in [6.45, 7) is 1.82. The maximum atomic E-state index is 8.80. The Labute approximate surface area is 103 Å². The van der Waals surface area contributed by atoms with E-state index in [1.165, 1.54) is 12.1 Å². The van der Waals surface area contributed by atoms with Crippen molar-refractivity contribution < 1.29 is 4.74 Å². The third-order valence-corrected chi connectivity index (χ3v) is 2.27. The first-order valence-corrected chi connectivity index (χ1v) is 5.24. The molecule has 0 saturated heterocycles. The number of halogens is 1. The van der Waals surface area contributed by atoms with E-state index in [1.54, 1.807) is 18.3 Å². The number of pyridine rings is 2. The first-order chi connectivity index (χ1) is 8.19. The zero-order valence-electron chi connectivity index (χ0n) is 9.01. The van der Waals surface area contributed by atoms with Crippen LogP contribution in [0.5, 0.6) is 11.6 Å². The molecule has 17 heavy (non-hydrogen) atoms. The fourth-order valence-corrected chi connectivity index (χ4v) is 1.48. The number of nitrogens with zero attached hydrogens (tertiary/aromatic N) is 3. The number of ether oxygens (including phenoxy) is 1. The summed E-state index contributed by atoms with van der Waals surface area (Å²) in [6.07, 6.45) is 1.67. The maximum absolute atomic E-state index is 8.80. The Hall–Kier alpha value is -2.12. The first kappa shape index (κ1) is 11.4. The molecule has 0 N–H and O–H groups in total. The third-order valence-electron chi connectivity index (χ3n) is 2.07. The van der Waals surface area contributed by atoms with Crippen LogP contribution in [0.15, 0.2) is 30.5 Å². The summed E-state index contributed by atoms with van der Waals surface area (Å²) in [6, 6.07) is 8.53. The van der Waals surface area contributed by atoms with Crippen LogP contribution < -0.4 is 4.74 Å². The van der Waals surface area contributed by atoms with E-state index in [4.69, 9.17) is 21.6 Å². The van der Waals surface area contributed by atoms with Crippen molar-refractivity contribution in [3.05, 3.63) is 46.9 Å². The van der Waals surface area contributed by atoms with Crippen LogP contribution in [-0.4, -0.2) is 9.97 Å². The Balaban J connectivity index is 2.34. The van der Waals surface area contributed by atoms with Crippen molar-refractivity contribution in [3.63, 3.8) is 0 Å². The molecule has 0 amide bonds. The third kappa shape index (κ3) is 2.71. The van der Waals surface area contributed by atoms with Crippen LogP contribution in [0.2, 0.25) is 5.15 Å². The molecule has 2 rings (SSSR count). The Morgan fingerprint density at radius 3 is 2.94 bits per heavy atom. The van der Waals surface area contributed by atoms with Gasteiger partial charge in [-0.2, -0.15) is 5.26 Å². The van der Waals surface area contributed by atoms with Crippen LogP contribution in [0.1, 0.15) is 11.3 Å². The van der Waals surface area contributed by atoms with Gasteiger partial charge < -0.3 is 4.74 Å². The van der Waals surface area contributed by atoms with Crippen molar-refractivity contribution in [1.29, 1.82) is 5.26 Å². The molecule has 2 aromatic rings. The number of aryl methyl sites for hydroxylation is 1. The van der Waals surface area contributed by atoms with Crippen molar-refractivity contribution >= 4 is 11.6 Å². The number of hydrogen-bond acceptors (Lipinski definition) is 4. The van der Waals surface area contributed by atoms with E-state index in [9.17, 15) is 0 Å². The monoisotopic (exact) mass is 245 g/mol. The average molecular weight is 246 g/mol.